The third-order valence-corrected chi connectivity index (χ3v) is 3.32. The Morgan fingerprint density at radius 1 is 1.44 bits per heavy atom. The number of aliphatic hydroxyl groups is 1. The van der Waals surface area contributed by atoms with Crippen LogP contribution < -0.4 is 4.74 Å². The molecule has 4 nitrogen and oxygen atoms in total. The Morgan fingerprint density at radius 2 is 2.33 bits per heavy atom. The molecule has 1 unspecified atom stereocenters. The fraction of sp³-hybridized carbons (Fsp3) is 0.357. The highest BCUT2D eigenvalue weighted by Crippen LogP contribution is 2.30. The summed E-state index contributed by atoms with van der Waals surface area (Å²) < 4.78 is 7.28. The van der Waals surface area contributed by atoms with E-state index in [-0.39, 0.29) is 0 Å². The van der Waals surface area contributed by atoms with E-state index in [0.717, 1.165) is 36.4 Å². The smallest absolute Gasteiger partial charge is 0.122 e. The van der Waals surface area contributed by atoms with Crippen molar-refractivity contribution in [2.24, 2.45) is 0 Å². The summed E-state index contributed by atoms with van der Waals surface area (Å²) in [6, 6.07) is 5.87. The van der Waals surface area contributed by atoms with E-state index < -0.39 is 6.10 Å². The van der Waals surface area contributed by atoms with Crippen molar-refractivity contribution in [3.8, 4) is 5.75 Å². The molecule has 0 bridgehead atoms. The molecule has 94 valence electrons. The van der Waals surface area contributed by atoms with Gasteiger partial charge in [0, 0.05) is 24.7 Å². The van der Waals surface area contributed by atoms with Gasteiger partial charge in [-0.15, -0.1) is 0 Å². The fourth-order valence-corrected chi connectivity index (χ4v) is 2.26. The first kappa shape index (κ1) is 11.3. The van der Waals surface area contributed by atoms with Crippen molar-refractivity contribution in [2.75, 3.05) is 6.61 Å². The summed E-state index contributed by atoms with van der Waals surface area (Å²) >= 11 is 0. The van der Waals surface area contributed by atoms with Gasteiger partial charge >= 0.3 is 0 Å². The van der Waals surface area contributed by atoms with Crippen LogP contribution in [0.15, 0.2) is 30.6 Å². The van der Waals surface area contributed by atoms with Crippen LogP contribution in [0, 0.1) is 0 Å². The average Bonchev–Trinajstić information content (AvgIpc) is 3.05. The van der Waals surface area contributed by atoms with Gasteiger partial charge in [0.1, 0.15) is 11.9 Å². The lowest BCUT2D eigenvalue weighted by Gasteiger charge is -2.10. The van der Waals surface area contributed by atoms with Crippen LogP contribution in [-0.4, -0.2) is 21.5 Å². The number of aryl methyl sites for hydroxylation is 1. The van der Waals surface area contributed by atoms with Crippen molar-refractivity contribution >= 4 is 0 Å². The first-order valence-electron chi connectivity index (χ1n) is 6.24. The van der Waals surface area contributed by atoms with Gasteiger partial charge in [-0.05, 0) is 30.2 Å². The van der Waals surface area contributed by atoms with Gasteiger partial charge in [-0.25, -0.2) is 0 Å². The third kappa shape index (κ3) is 1.88. The van der Waals surface area contributed by atoms with Crippen molar-refractivity contribution in [3.05, 3.63) is 47.3 Å². The molecule has 4 heteroatoms. The van der Waals surface area contributed by atoms with Crippen LogP contribution >= 0.6 is 0 Å². The van der Waals surface area contributed by atoms with Crippen molar-refractivity contribution in [1.82, 2.24) is 9.78 Å². The largest absolute Gasteiger partial charge is 0.493 e. The molecule has 1 N–H and O–H groups in total. The number of benzene rings is 1. The van der Waals surface area contributed by atoms with Crippen LogP contribution in [0.3, 0.4) is 0 Å². The van der Waals surface area contributed by atoms with Gasteiger partial charge in [0.15, 0.2) is 0 Å². The van der Waals surface area contributed by atoms with Crippen molar-refractivity contribution in [3.63, 3.8) is 0 Å². The van der Waals surface area contributed by atoms with E-state index in [4.69, 9.17) is 4.74 Å². The predicted octanol–water partition coefficient (Wildman–Crippen LogP) is 1.92. The lowest BCUT2D eigenvalue weighted by molar-refractivity contribution is 0.220. The van der Waals surface area contributed by atoms with E-state index in [1.54, 1.807) is 6.20 Å². The van der Waals surface area contributed by atoms with Crippen molar-refractivity contribution in [1.29, 1.82) is 0 Å². The van der Waals surface area contributed by atoms with Crippen LogP contribution in [0.25, 0.3) is 0 Å². The lowest BCUT2D eigenvalue weighted by atomic mass is 10.0. The Morgan fingerprint density at radius 3 is 3.11 bits per heavy atom. The first-order chi connectivity index (χ1) is 8.78. The van der Waals surface area contributed by atoms with Crippen molar-refractivity contribution < 1.29 is 9.84 Å². The van der Waals surface area contributed by atoms with E-state index in [9.17, 15) is 5.11 Å². The number of ether oxygens (including phenoxy) is 1. The molecule has 0 fully saturated rings. The SMILES string of the molecule is CCn1cc(C(O)c2ccc3c(c2)CCO3)cn1. The molecule has 1 atom stereocenters. The van der Waals surface area contributed by atoms with E-state index in [1.807, 2.05) is 36.0 Å². The molecule has 1 aliphatic rings. The molecule has 0 saturated carbocycles. The second-order valence-corrected chi connectivity index (χ2v) is 4.50. The molecule has 0 amide bonds. The summed E-state index contributed by atoms with van der Waals surface area (Å²) in [6.45, 7) is 3.57. The maximum Gasteiger partial charge on any atom is 0.122 e. The van der Waals surface area contributed by atoms with E-state index >= 15 is 0 Å². The van der Waals surface area contributed by atoms with Gasteiger partial charge in [0.2, 0.25) is 0 Å². The Labute approximate surface area is 106 Å². The van der Waals surface area contributed by atoms with Gasteiger partial charge in [-0.1, -0.05) is 6.07 Å². The minimum absolute atomic E-state index is 0.615. The summed E-state index contributed by atoms with van der Waals surface area (Å²) in [5.41, 5.74) is 2.90. The lowest BCUT2D eigenvalue weighted by Crippen LogP contribution is -1.99. The summed E-state index contributed by atoms with van der Waals surface area (Å²) in [4.78, 5) is 0. The van der Waals surface area contributed by atoms with Crippen molar-refractivity contribution in [2.45, 2.75) is 26.0 Å². The zero-order chi connectivity index (χ0) is 12.5. The van der Waals surface area contributed by atoms with Crippen LogP contribution in [-0.2, 0) is 13.0 Å². The highest BCUT2D eigenvalue weighted by Gasteiger charge is 2.17. The molecular weight excluding hydrogens is 228 g/mol. The quantitative estimate of drug-likeness (QED) is 0.897. The monoisotopic (exact) mass is 244 g/mol. The number of fused-ring (bicyclic) bond motifs is 1. The molecule has 1 aliphatic heterocycles. The molecule has 0 spiro atoms. The minimum Gasteiger partial charge on any atom is -0.493 e. The maximum absolute atomic E-state index is 10.3. The standard InChI is InChI=1S/C14H16N2O2/c1-2-16-9-12(8-15-16)14(17)11-3-4-13-10(7-11)5-6-18-13/h3-4,7-9,14,17H,2,5-6H2,1H3. The van der Waals surface area contributed by atoms with E-state index in [1.165, 1.54) is 5.56 Å². The third-order valence-electron chi connectivity index (χ3n) is 3.32. The fourth-order valence-electron chi connectivity index (χ4n) is 2.26. The van der Waals surface area contributed by atoms with E-state index in [2.05, 4.69) is 5.10 Å². The normalized spacial score (nSPS) is 15.2. The van der Waals surface area contributed by atoms with Gasteiger partial charge < -0.3 is 9.84 Å². The molecule has 2 heterocycles. The second kappa shape index (κ2) is 4.46. The van der Waals surface area contributed by atoms with Gasteiger partial charge in [-0.3, -0.25) is 4.68 Å². The summed E-state index contributed by atoms with van der Waals surface area (Å²) in [6.07, 6.45) is 3.91. The summed E-state index contributed by atoms with van der Waals surface area (Å²) in [5, 5.41) is 14.5. The van der Waals surface area contributed by atoms with Crippen LogP contribution in [0.4, 0.5) is 0 Å². The summed E-state index contributed by atoms with van der Waals surface area (Å²) in [7, 11) is 0. The molecule has 0 radical (unpaired) electrons. The van der Waals surface area contributed by atoms with Crippen LogP contribution in [0.2, 0.25) is 0 Å². The molecule has 2 aromatic rings. The highest BCUT2D eigenvalue weighted by molar-refractivity contribution is 5.42. The Kier molecular flexibility index (Phi) is 2.80. The summed E-state index contributed by atoms with van der Waals surface area (Å²) in [5.74, 6) is 0.940. The Hall–Kier alpha value is -1.81. The number of rotatable bonds is 3. The molecule has 1 aromatic carbocycles. The molecule has 1 aromatic heterocycles. The Balaban J connectivity index is 1.89. The van der Waals surface area contributed by atoms with Gasteiger partial charge in [0.05, 0.1) is 12.8 Å². The highest BCUT2D eigenvalue weighted by atomic mass is 16.5. The minimum atomic E-state index is -0.615. The molecule has 18 heavy (non-hydrogen) atoms. The number of nitrogens with zero attached hydrogens (tertiary/aromatic N) is 2. The van der Waals surface area contributed by atoms with Gasteiger partial charge in [-0.2, -0.15) is 5.10 Å². The number of aromatic nitrogens is 2. The number of hydrogen-bond donors (Lipinski definition) is 1. The Bertz CT molecular complexity index is 563. The second-order valence-electron chi connectivity index (χ2n) is 4.50. The topological polar surface area (TPSA) is 47.3 Å². The van der Waals surface area contributed by atoms with E-state index in [0.29, 0.717) is 0 Å². The zero-order valence-electron chi connectivity index (χ0n) is 10.3. The molecule has 0 saturated heterocycles. The average molecular weight is 244 g/mol. The van der Waals surface area contributed by atoms with Gasteiger partial charge in [0.25, 0.3) is 0 Å². The molecular formula is C14H16N2O2. The first-order valence-corrected chi connectivity index (χ1v) is 6.24. The molecule has 3 rings (SSSR count). The zero-order valence-corrected chi connectivity index (χ0v) is 10.3. The maximum atomic E-state index is 10.3. The molecule has 0 aliphatic carbocycles. The number of hydrogen-bond acceptors (Lipinski definition) is 3. The van der Waals surface area contributed by atoms with Crippen LogP contribution in [0.1, 0.15) is 29.7 Å². The van der Waals surface area contributed by atoms with Crippen LogP contribution in [0.5, 0.6) is 5.75 Å². The number of aliphatic hydroxyl groups excluding tert-OH is 1. The predicted molar refractivity (Wildman–Crippen MR) is 67.6 cm³/mol.